The lowest BCUT2D eigenvalue weighted by molar-refractivity contribution is 0.394. The molecule has 0 aliphatic heterocycles. The number of rotatable bonds is 5. The lowest BCUT2D eigenvalue weighted by Crippen LogP contribution is -2.05. The first kappa shape index (κ1) is 11.7. The second-order valence-electron chi connectivity index (χ2n) is 3.05. The average Bonchev–Trinajstić information content (AvgIpc) is 2.25. The van der Waals surface area contributed by atoms with Crippen LogP contribution in [0.2, 0.25) is 0 Å². The van der Waals surface area contributed by atoms with Crippen molar-refractivity contribution in [2.75, 3.05) is 20.7 Å². The van der Waals surface area contributed by atoms with Gasteiger partial charge in [-0.05, 0) is 26.1 Å². The summed E-state index contributed by atoms with van der Waals surface area (Å²) in [5.74, 6) is 0.0844. The number of nitrogens with zero attached hydrogens (tertiary/aromatic N) is 1. The van der Waals surface area contributed by atoms with Crippen LogP contribution in [0.25, 0.3) is 6.08 Å². The van der Waals surface area contributed by atoms with Gasteiger partial charge in [0.1, 0.15) is 5.82 Å². The minimum atomic E-state index is -0.357. The minimum Gasteiger partial charge on any atom is -0.481 e. The predicted octanol–water partition coefficient (Wildman–Crippen LogP) is 1.85. The van der Waals surface area contributed by atoms with Gasteiger partial charge in [0, 0.05) is 5.56 Å². The van der Waals surface area contributed by atoms with Crippen LogP contribution in [-0.2, 0) is 0 Å². The third kappa shape index (κ3) is 3.67. The third-order valence-corrected chi connectivity index (χ3v) is 1.90. The summed E-state index contributed by atoms with van der Waals surface area (Å²) in [7, 11) is 3.41. The van der Waals surface area contributed by atoms with E-state index in [1.54, 1.807) is 0 Å². The molecule has 0 aromatic carbocycles. The summed E-state index contributed by atoms with van der Waals surface area (Å²) in [4.78, 5) is 3.83. The molecule has 0 saturated carbocycles. The number of halogens is 1. The first-order valence-corrected chi connectivity index (χ1v) is 4.78. The van der Waals surface area contributed by atoms with Gasteiger partial charge in [0.05, 0.1) is 13.3 Å². The molecule has 0 aliphatic rings. The topological polar surface area (TPSA) is 34.2 Å². The Kier molecular flexibility index (Phi) is 4.77. The molecule has 3 nitrogen and oxygen atoms in total. The molecule has 1 N–H and O–H groups in total. The van der Waals surface area contributed by atoms with E-state index >= 15 is 0 Å². The fraction of sp³-hybridized carbons (Fsp3) is 0.364. The maximum absolute atomic E-state index is 12.9. The summed E-state index contributed by atoms with van der Waals surface area (Å²) in [6, 6.07) is 1.40. The lowest BCUT2D eigenvalue weighted by Gasteiger charge is -2.02. The van der Waals surface area contributed by atoms with Gasteiger partial charge < -0.3 is 10.1 Å². The van der Waals surface area contributed by atoms with Crippen LogP contribution in [0.1, 0.15) is 12.0 Å². The number of hydrogen-bond donors (Lipinski definition) is 1. The predicted molar refractivity (Wildman–Crippen MR) is 58.3 cm³/mol. The van der Waals surface area contributed by atoms with E-state index in [0.717, 1.165) is 19.2 Å². The quantitative estimate of drug-likeness (QED) is 0.753. The van der Waals surface area contributed by atoms with Crippen LogP contribution in [0.5, 0.6) is 5.88 Å². The molecule has 82 valence electrons. The molecular formula is C11H15FN2O. The van der Waals surface area contributed by atoms with Gasteiger partial charge in [-0.25, -0.2) is 9.37 Å². The Hall–Kier alpha value is -1.42. The standard InChI is InChI=1S/C11H15FN2O/c1-13-6-4-3-5-9-7-10(12)8-14-11(9)15-2/h3,5,7-8,13H,4,6H2,1-2H3. The van der Waals surface area contributed by atoms with Crippen molar-refractivity contribution in [3.8, 4) is 5.88 Å². The normalized spacial score (nSPS) is 10.9. The number of methoxy groups -OCH3 is 1. The Morgan fingerprint density at radius 3 is 3.07 bits per heavy atom. The van der Waals surface area contributed by atoms with Gasteiger partial charge in [0.15, 0.2) is 0 Å². The summed E-state index contributed by atoms with van der Waals surface area (Å²) >= 11 is 0. The second-order valence-corrected chi connectivity index (χ2v) is 3.05. The van der Waals surface area contributed by atoms with Crippen molar-refractivity contribution in [1.82, 2.24) is 10.3 Å². The van der Waals surface area contributed by atoms with Gasteiger partial charge in [0.25, 0.3) is 0 Å². The van der Waals surface area contributed by atoms with Gasteiger partial charge in [-0.3, -0.25) is 0 Å². The first-order chi connectivity index (χ1) is 7.27. The van der Waals surface area contributed by atoms with Crippen molar-refractivity contribution >= 4 is 6.08 Å². The van der Waals surface area contributed by atoms with Crippen molar-refractivity contribution < 1.29 is 9.13 Å². The van der Waals surface area contributed by atoms with Crippen molar-refractivity contribution in [2.24, 2.45) is 0 Å². The fourth-order valence-corrected chi connectivity index (χ4v) is 1.17. The molecule has 1 aromatic rings. The maximum atomic E-state index is 12.9. The van der Waals surface area contributed by atoms with Crippen molar-refractivity contribution in [3.63, 3.8) is 0 Å². The highest BCUT2D eigenvalue weighted by Crippen LogP contribution is 2.17. The van der Waals surface area contributed by atoms with Crippen molar-refractivity contribution in [3.05, 3.63) is 29.7 Å². The molecule has 0 aliphatic carbocycles. The van der Waals surface area contributed by atoms with Gasteiger partial charge >= 0.3 is 0 Å². The molecule has 0 unspecified atom stereocenters. The summed E-state index contributed by atoms with van der Waals surface area (Å²) in [5, 5.41) is 3.02. The molecular weight excluding hydrogens is 195 g/mol. The van der Waals surface area contributed by atoms with E-state index in [4.69, 9.17) is 4.74 Å². The minimum absolute atomic E-state index is 0.357. The van der Waals surface area contributed by atoms with E-state index in [0.29, 0.717) is 11.4 Å². The zero-order chi connectivity index (χ0) is 11.1. The van der Waals surface area contributed by atoms with Crippen LogP contribution >= 0.6 is 0 Å². The van der Waals surface area contributed by atoms with Gasteiger partial charge in [0.2, 0.25) is 5.88 Å². The molecule has 0 atom stereocenters. The molecule has 1 aromatic heterocycles. The Labute approximate surface area is 89.0 Å². The molecule has 1 rings (SSSR count). The molecule has 4 heteroatoms. The van der Waals surface area contributed by atoms with E-state index in [1.807, 2.05) is 19.2 Å². The molecule has 0 fully saturated rings. The average molecular weight is 210 g/mol. The zero-order valence-electron chi connectivity index (χ0n) is 8.96. The van der Waals surface area contributed by atoms with Crippen LogP contribution < -0.4 is 10.1 Å². The summed E-state index contributed by atoms with van der Waals surface area (Å²) in [6.07, 6.45) is 5.79. The summed E-state index contributed by atoms with van der Waals surface area (Å²) in [5.41, 5.74) is 0.661. The molecule has 0 saturated heterocycles. The van der Waals surface area contributed by atoms with Gasteiger partial charge in [-0.2, -0.15) is 0 Å². The molecule has 15 heavy (non-hydrogen) atoms. The number of pyridine rings is 1. The highest BCUT2D eigenvalue weighted by Gasteiger charge is 2.02. The number of hydrogen-bond acceptors (Lipinski definition) is 3. The maximum Gasteiger partial charge on any atom is 0.220 e. The highest BCUT2D eigenvalue weighted by atomic mass is 19.1. The Morgan fingerprint density at radius 2 is 2.40 bits per heavy atom. The second kappa shape index (κ2) is 6.14. The van der Waals surface area contributed by atoms with Gasteiger partial charge in [-0.1, -0.05) is 12.2 Å². The summed E-state index contributed by atoms with van der Waals surface area (Å²) < 4.78 is 17.9. The molecule has 0 bridgehead atoms. The number of nitrogens with one attached hydrogen (secondary N) is 1. The van der Waals surface area contributed by atoms with Gasteiger partial charge in [-0.15, -0.1) is 0 Å². The smallest absolute Gasteiger partial charge is 0.220 e. The Morgan fingerprint density at radius 1 is 1.60 bits per heavy atom. The van der Waals surface area contributed by atoms with E-state index < -0.39 is 0 Å². The Bertz CT molecular complexity index is 339. The van der Waals surface area contributed by atoms with E-state index in [2.05, 4.69) is 10.3 Å². The third-order valence-electron chi connectivity index (χ3n) is 1.90. The van der Waals surface area contributed by atoms with Crippen LogP contribution in [0.15, 0.2) is 18.3 Å². The molecule has 1 heterocycles. The van der Waals surface area contributed by atoms with Crippen LogP contribution in [-0.4, -0.2) is 25.7 Å². The lowest BCUT2D eigenvalue weighted by atomic mass is 10.2. The Balaban J connectivity index is 2.73. The zero-order valence-corrected chi connectivity index (χ0v) is 8.96. The largest absolute Gasteiger partial charge is 0.481 e. The van der Waals surface area contributed by atoms with E-state index in [-0.39, 0.29) is 5.82 Å². The van der Waals surface area contributed by atoms with Crippen LogP contribution in [0.4, 0.5) is 4.39 Å². The molecule has 0 amide bonds. The molecule has 0 radical (unpaired) electrons. The SMILES string of the molecule is CNCCC=Cc1cc(F)cnc1OC. The molecule has 0 spiro atoms. The number of aromatic nitrogens is 1. The first-order valence-electron chi connectivity index (χ1n) is 4.78. The van der Waals surface area contributed by atoms with Crippen molar-refractivity contribution in [2.45, 2.75) is 6.42 Å². The monoisotopic (exact) mass is 210 g/mol. The van der Waals surface area contributed by atoms with Crippen LogP contribution in [0.3, 0.4) is 0 Å². The summed E-state index contributed by atoms with van der Waals surface area (Å²) in [6.45, 7) is 0.890. The highest BCUT2D eigenvalue weighted by molar-refractivity contribution is 5.54. The van der Waals surface area contributed by atoms with Crippen LogP contribution in [0, 0.1) is 5.82 Å². The fourth-order valence-electron chi connectivity index (χ4n) is 1.17. The van der Waals surface area contributed by atoms with E-state index in [1.165, 1.54) is 13.2 Å². The van der Waals surface area contributed by atoms with Crippen molar-refractivity contribution in [1.29, 1.82) is 0 Å². The van der Waals surface area contributed by atoms with E-state index in [9.17, 15) is 4.39 Å². The number of ether oxygens (including phenoxy) is 1.